The van der Waals surface area contributed by atoms with Crippen molar-refractivity contribution in [3.8, 4) is 11.6 Å². The smallest absolute Gasteiger partial charge is 0.290 e. The van der Waals surface area contributed by atoms with Crippen LogP contribution in [0.25, 0.3) is 11.0 Å². The minimum atomic E-state index is -0.605. The molecular formula is C24H23F2N7O2. The molecule has 0 saturated carbocycles. The van der Waals surface area contributed by atoms with Crippen LogP contribution in [0.5, 0.6) is 11.6 Å². The number of nitrogens with two attached hydrogens (primary N) is 1. The Morgan fingerprint density at radius 2 is 1.77 bits per heavy atom. The number of benzene rings is 2. The Morgan fingerprint density at radius 3 is 2.51 bits per heavy atom. The van der Waals surface area contributed by atoms with Gasteiger partial charge < -0.3 is 20.4 Å². The number of rotatable bonds is 5. The SMILES string of the molecule is C[C@H](c1ccc(F)cc1)N1CCN(c2cc(Oc3cc(F)cc4[nH]c(=O)c(N)nc34)ncn2)CC1. The van der Waals surface area contributed by atoms with Crippen molar-refractivity contribution in [3.63, 3.8) is 0 Å². The molecule has 1 aliphatic rings. The van der Waals surface area contributed by atoms with Gasteiger partial charge in [-0.1, -0.05) is 12.1 Å². The van der Waals surface area contributed by atoms with Gasteiger partial charge in [0, 0.05) is 44.4 Å². The number of hydrogen-bond donors (Lipinski definition) is 2. The Morgan fingerprint density at radius 1 is 1.03 bits per heavy atom. The normalized spacial score (nSPS) is 15.3. The molecule has 0 aliphatic carbocycles. The van der Waals surface area contributed by atoms with Crippen molar-refractivity contribution < 1.29 is 13.5 Å². The molecule has 0 spiro atoms. The van der Waals surface area contributed by atoms with Gasteiger partial charge in [-0.05, 0) is 30.7 Å². The number of nitrogens with one attached hydrogen (secondary N) is 1. The zero-order valence-electron chi connectivity index (χ0n) is 18.9. The van der Waals surface area contributed by atoms with E-state index in [1.54, 1.807) is 6.07 Å². The summed E-state index contributed by atoms with van der Waals surface area (Å²) in [7, 11) is 0. The summed E-state index contributed by atoms with van der Waals surface area (Å²) in [5.41, 5.74) is 6.47. The summed E-state index contributed by atoms with van der Waals surface area (Å²) < 4.78 is 33.2. The van der Waals surface area contributed by atoms with Gasteiger partial charge in [0.1, 0.15) is 29.3 Å². The molecule has 1 aliphatic heterocycles. The van der Waals surface area contributed by atoms with Gasteiger partial charge >= 0.3 is 0 Å². The van der Waals surface area contributed by atoms with Crippen LogP contribution in [0.1, 0.15) is 18.5 Å². The summed E-state index contributed by atoms with van der Waals surface area (Å²) in [5, 5.41) is 0. The molecule has 1 fully saturated rings. The van der Waals surface area contributed by atoms with E-state index in [0.717, 1.165) is 43.9 Å². The highest BCUT2D eigenvalue weighted by Gasteiger charge is 2.23. The standard InChI is InChI=1S/C24H23F2N7O2/c1-14(15-2-4-16(25)5-3-15)32-6-8-33(9-7-32)20-12-21(29-13-28-20)35-19-11-17(26)10-18-22(19)31-23(27)24(34)30-18/h2-5,10-14H,6-9H2,1H3,(H2,27,31)(H,30,34)/t14-/m1/s1. The second-order valence-electron chi connectivity index (χ2n) is 8.32. The number of aromatic nitrogens is 4. The van der Waals surface area contributed by atoms with E-state index in [1.807, 2.05) is 12.1 Å². The number of nitrogen functional groups attached to an aromatic ring is 1. The van der Waals surface area contributed by atoms with Crippen molar-refractivity contribution in [2.75, 3.05) is 36.8 Å². The Labute approximate surface area is 199 Å². The molecule has 0 unspecified atom stereocenters. The van der Waals surface area contributed by atoms with Crippen LogP contribution in [-0.2, 0) is 0 Å². The quantitative estimate of drug-likeness (QED) is 0.449. The van der Waals surface area contributed by atoms with Crippen LogP contribution in [0.4, 0.5) is 20.4 Å². The fraction of sp³-hybridized carbons (Fsp3) is 0.250. The van der Waals surface area contributed by atoms with E-state index in [-0.39, 0.29) is 40.3 Å². The molecule has 2 aromatic carbocycles. The molecule has 1 saturated heterocycles. The Hall–Kier alpha value is -4.12. The van der Waals surface area contributed by atoms with Crippen LogP contribution in [-0.4, -0.2) is 51.0 Å². The minimum Gasteiger partial charge on any atom is -0.436 e. The first-order valence-corrected chi connectivity index (χ1v) is 11.1. The minimum absolute atomic E-state index is 0.0746. The molecule has 3 heterocycles. The van der Waals surface area contributed by atoms with Gasteiger partial charge in [-0.25, -0.2) is 23.7 Å². The molecule has 0 bridgehead atoms. The number of piperazine rings is 1. The third kappa shape index (κ3) is 4.76. The third-order valence-corrected chi connectivity index (χ3v) is 6.13. The number of halogens is 2. The first-order chi connectivity index (χ1) is 16.9. The Bertz CT molecular complexity index is 1420. The predicted octanol–water partition coefficient (Wildman–Crippen LogP) is 3.25. The highest BCUT2D eigenvalue weighted by atomic mass is 19.1. The topological polar surface area (TPSA) is 113 Å². The summed E-state index contributed by atoms with van der Waals surface area (Å²) in [6.45, 7) is 5.15. The molecule has 0 amide bonds. The highest BCUT2D eigenvalue weighted by Crippen LogP contribution is 2.30. The molecule has 0 radical (unpaired) electrons. The van der Waals surface area contributed by atoms with Gasteiger partial charge in [0.05, 0.1) is 5.52 Å². The van der Waals surface area contributed by atoms with E-state index < -0.39 is 11.4 Å². The number of fused-ring (bicyclic) bond motifs is 1. The summed E-state index contributed by atoms with van der Waals surface area (Å²) in [4.78, 5) is 31.2. The molecule has 5 rings (SSSR count). The maximum absolute atomic E-state index is 14.1. The molecule has 1 atom stereocenters. The van der Waals surface area contributed by atoms with E-state index in [0.29, 0.717) is 5.82 Å². The van der Waals surface area contributed by atoms with Crippen molar-refractivity contribution in [2.24, 2.45) is 0 Å². The molecular weight excluding hydrogens is 456 g/mol. The summed E-state index contributed by atoms with van der Waals surface area (Å²) in [6.07, 6.45) is 1.38. The largest absolute Gasteiger partial charge is 0.436 e. The van der Waals surface area contributed by atoms with Crippen LogP contribution in [0.3, 0.4) is 0 Å². The molecule has 11 heteroatoms. The van der Waals surface area contributed by atoms with Gasteiger partial charge in [-0.15, -0.1) is 0 Å². The van der Waals surface area contributed by atoms with E-state index in [2.05, 4.69) is 36.7 Å². The van der Waals surface area contributed by atoms with Crippen molar-refractivity contribution in [1.82, 2.24) is 24.8 Å². The van der Waals surface area contributed by atoms with Gasteiger partial charge in [0.15, 0.2) is 11.6 Å². The molecule has 35 heavy (non-hydrogen) atoms. The Balaban J connectivity index is 1.31. The molecule has 180 valence electrons. The van der Waals surface area contributed by atoms with E-state index in [4.69, 9.17) is 10.5 Å². The Kier molecular flexibility index (Phi) is 6.00. The lowest BCUT2D eigenvalue weighted by Crippen LogP contribution is -2.47. The van der Waals surface area contributed by atoms with Crippen LogP contribution in [0.15, 0.2) is 53.6 Å². The maximum atomic E-state index is 14.1. The van der Waals surface area contributed by atoms with Crippen molar-refractivity contribution in [2.45, 2.75) is 13.0 Å². The number of hydrogen-bond acceptors (Lipinski definition) is 8. The highest BCUT2D eigenvalue weighted by molar-refractivity contribution is 5.82. The number of nitrogens with zero attached hydrogens (tertiary/aromatic N) is 5. The molecule has 3 N–H and O–H groups in total. The fourth-order valence-corrected chi connectivity index (χ4v) is 4.18. The van der Waals surface area contributed by atoms with Gasteiger partial charge in [0.2, 0.25) is 5.88 Å². The zero-order valence-corrected chi connectivity index (χ0v) is 18.9. The predicted molar refractivity (Wildman–Crippen MR) is 127 cm³/mol. The van der Waals surface area contributed by atoms with Crippen molar-refractivity contribution in [1.29, 1.82) is 0 Å². The van der Waals surface area contributed by atoms with Gasteiger partial charge in [-0.2, -0.15) is 0 Å². The average molecular weight is 479 g/mol. The number of anilines is 2. The zero-order chi connectivity index (χ0) is 24.5. The summed E-state index contributed by atoms with van der Waals surface area (Å²) >= 11 is 0. The number of H-pyrrole nitrogens is 1. The van der Waals surface area contributed by atoms with E-state index >= 15 is 0 Å². The van der Waals surface area contributed by atoms with E-state index in [9.17, 15) is 13.6 Å². The first kappa shape index (κ1) is 22.7. The number of ether oxygens (including phenoxy) is 1. The van der Waals surface area contributed by atoms with Crippen LogP contribution in [0, 0.1) is 11.6 Å². The second kappa shape index (κ2) is 9.26. The summed E-state index contributed by atoms with van der Waals surface area (Å²) in [5.74, 6) is -0.140. The molecule has 9 nitrogen and oxygen atoms in total. The summed E-state index contributed by atoms with van der Waals surface area (Å²) in [6, 6.07) is 10.7. The molecule has 4 aromatic rings. The lowest BCUT2D eigenvalue weighted by molar-refractivity contribution is 0.198. The fourth-order valence-electron chi connectivity index (χ4n) is 4.18. The first-order valence-electron chi connectivity index (χ1n) is 11.1. The molecule has 2 aromatic heterocycles. The van der Waals surface area contributed by atoms with Crippen molar-refractivity contribution in [3.05, 3.63) is 76.3 Å². The van der Waals surface area contributed by atoms with Crippen LogP contribution >= 0.6 is 0 Å². The van der Waals surface area contributed by atoms with Gasteiger partial charge in [-0.3, -0.25) is 9.69 Å². The number of aromatic amines is 1. The lowest BCUT2D eigenvalue weighted by atomic mass is 10.1. The van der Waals surface area contributed by atoms with Crippen molar-refractivity contribution >= 4 is 22.7 Å². The van der Waals surface area contributed by atoms with Crippen LogP contribution in [0.2, 0.25) is 0 Å². The third-order valence-electron chi connectivity index (χ3n) is 6.13. The van der Waals surface area contributed by atoms with Gasteiger partial charge in [0.25, 0.3) is 5.56 Å². The van der Waals surface area contributed by atoms with E-state index in [1.165, 1.54) is 18.5 Å². The lowest BCUT2D eigenvalue weighted by Gasteiger charge is -2.38. The average Bonchev–Trinajstić information content (AvgIpc) is 2.85. The maximum Gasteiger partial charge on any atom is 0.290 e. The monoisotopic (exact) mass is 479 g/mol. The van der Waals surface area contributed by atoms with Crippen LogP contribution < -0.4 is 20.9 Å². The second-order valence-corrected chi connectivity index (χ2v) is 8.32.